The second-order valence-corrected chi connectivity index (χ2v) is 4.61. The highest BCUT2D eigenvalue weighted by Crippen LogP contribution is 2.24. The molecule has 0 radical (unpaired) electrons. The summed E-state index contributed by atoms with van der Waals surface area (Å²) >= 11 is 6.01. The molecule has 2 rings (SSSR count). The van der Waals surface area contributed by atoms with E-state index in [0.29, 0.717) is 11.6 Å². The van der Waals surface area contributed by atoms with Gasteiger partial charge in [-0.1, -0.05) is 23.7 Å². The largest absolute Gasteiger partial charge is 0.377 e. The number of nitrogens with one attached hydrogen (secondary N) is 1. The Kier molecular flexibility index (Phi) is 4.18. The quantitative estimate of drug-likeness (QED) is 0.889. The molecule has 0 fully saturated rings. The van der Waals surface area contributed by atoms with Crippen molar-refractivity contribution >= 4 is 17.3 Å². The highest BCUT2D eigenvalue weighted by atomic mass is 35.5. The predicted molar refractivity (Wildman–Crippen MR) is 75.8 cm³/mol. The molecule has 0 bridgehead atoms. The van der Waals surface area contributed by atoms with Crippen LogP contribution in [0.3, 0.4) is 0 Å². The lowest BCUT2D eigenvalue weighted by molar-refractivity contribution is 0.784. The van der Waals surface area contributed by atoms with E-state index in [1.54, 1.807) is 6.20 Å². The Hall–Kier alpha value is -1.58. The number of benzene rings is 1. The number of anilines is 1. The van der Waals surface area contributed by atoms with Crippen molar-refractivity contribution in [2.45, 2.75) is 13.0 Å². The van der Waals surface area contributed by atoms with Gasteiger partial charge in [-0.3, -0.25) is 4.98 Å². The molecular weight excluding hydrogens is 246 g/mol. The molecule has 0 spiro atoms. The predicted octanol–water partition coefficient (Wildman–Crippen LogP) is 3.16. The lowest BCUT2D eigenvalue weighted by Gasteiger charge is -2.19. The van der Waals surface area contributed by atoms with E-state index in [2.05, 4.69) is 10.3 Å². The zero-order valence-electron chi connectivity index (χ0n) is 10.2. The van der Waals surface area contributed by atoms with Crippen LogP contribution in [0.5, 0.6) is 0 Å². The first-order valence-electron chi connectivity index (χ1n) is 5.83. The molecule has 1 unspecified atom stereocenters. The van der Waals surface area contributed by atoms with Crippen LogP contribution in [0.2, 0.25) is 5.02 Å². The molecular formula is C14H16ClN3. The normalized spacial score (nSPS) is 12.2. The van der Waals surface area contributed by atoms with Crippen LogP contribution in [0.4, 0.5) is 5.69 Å². The molecule has 4 heteroatoms. The molecule has 3 nitrogen and oxygen atoms in total. The summed E-state index contributed by atoms with van der Waals surface area (Å²) in [5, 5.41) is 4.12. The summed E-state index contributed by atoms with van der Waals surface area (Å²) in [6, 6.07) is 9.74. The van der Waals surface area contributed by atoms with Gasteiger partial charge in [-0.2, -0.15) is 0 Å². The number of hydrogen-bond acceptors (Lipinski definition) is 3. The number of aromatic nitrogens is 1. The fourth-order valence-corrected chi connectivity index (χ4v) is 1.97. The van der Waals surface area contributed by atoms with Gasteiger partial charge < -0.3 is 11.1 Å². The summed E-state index contributed by atoms with van der Waals surface area (Å²) in [5.41, 5.74) is 9.03. The summed E-state index contributed by atoms with van der Waals surface area (Å²) in [4.78, 5) is 4.11. The molecule has 0 aliphatic rings. The molecule has 1 atom stereocenters. The van der Waals surface area contributed by atoms with Crippen molar-refractivity contribution in [1.29, 1.82) is 0 Å². The number of pyridine rings is 1. The lowest BCUT2D eigenvalue weighted by Crippen LogP contribution is -2.21. The zero-order chi connectivity index (χ0) is 13.0. The van der Waals surface area contributed by atoms with Gasteiger partial charge in [0.1, 0.15) is 0 Å². The van der Waals surface area contributed by atoms with E-state index >= 15 is 0 Å². The maximum atomic E-state index is 6.01. The fraction of sp³-hybridized carbons (Fsp3) is 0.214. The Bertz CT molecular complexity index is 514. The van der Waals surface area contributed by atoms with Gasteiger partial charge in [0.15, 0.2) is 0 Å². The van der Waals surface area contributed by atoms with Crippen molar-refractivity contribution < 1.29 is 0 Å². The van der Waals surface area contributed by atoms with Crippen LogP contribution < -0.4 is 11.1 Å². The van der Waals surface area contributed by atoms with Crippen molar-refractivity contribution in [3.8, 4) is 0 Å². The molecule has 0 saturated heterocycles. The zero-order valence-corrected chi connectivity index (χ0v) is 11.0. The maximum absolute atomic E-state index is 6.01. The van der Waals surface area contributed by atoms with Crippen LogP contribution in [-0.4, -0.2) is 11.5 Å². The number of halogens is 1. The first-order chi connectivity index (χ1) is 8.70. The first kappa shape index (κ1) is 12.9. The summed E-state index contributed by atoms with van der Waals surface area (Å²) in [7, 11) is 0. The third kappa shape index (κ3) is 3.00. The second kappa shape index (κ2) is 5.85. The monoisotopic (exact) mass is 261 g/mol. The second-order valence-electron chi connectivity index (χ2n) is 4.18. The van der Waals surface area contributed by atoms with Crippen molar-refractivity contribution in [2.24, 2.45) is 5.73 Å². The van der Waals surface area contributed by atoms with Gasteiger partial charge in [-0.05, 0) is 36.2 Å². The van der Waals surface area contributed by atoms with E-state index in [-0.39, 0.29) is 6.04 Å². The Balaban J connectivity index is 2.23. The first-order valence-corrected chi connectivity index (χ1v) is 6.21. The molecule has 0 aliphatic heterocycles. The van der Waals surface area contributed by atoms with Crippen molar-refractivity contribution in [2.75, 3.05) is 11.9 Å². The molecule has 0 saturated carbocycles. The summed E-state index contributed by atoms with van der Waals surface area (Å²) in [6.07, 6.45) is 3.58. The van der Waals surface area contributed by atoms with Crippen LogP contribution in [-0.2, 0) is 0 Å². The molecule has 0 aliphatic carbocycles. The van der Waals surface area contributed by atoms with Gasteiger partial charge in [0, 0.05) is 29.6 Å². The van der Waals surface area contributed by atoms with Crippen LogP contribution in [0.1, 0.15) is 17.2 Å². The van der Waals surface area contributed by atoms with Crippen LogP contribution in [0, 0.1) is 6.92 Å². The molecule has 3 N–H and O–H groups in total. The third-order valence-corrected chi connectivity index (χ3v) is 3.09. The minimum atomic E-state index is 0.0378. The van der Waals surface area contributed by atoms with Crippen molar-refractivity contribution in [3.05, 3.63) is 58.9 Å². The number of aryl methyl sites for hydroxylation is 1. The van der Waals surface area contributed by atoms with Crippen LogP contribution in [0.25, 0.3) is 0 Å². The third-order valence-electron chi connectivity index (χ3n) is 2.85. The summed E-state index contributed by atoms with van der Waals surface area (Å²) in [5.74, 6) is 0. The molecule has 1 aromatic heterocycles. The molecule has 2 aromatic rings. The molecule has 94 valence electrons. The average molecular weight is 262 g/mol. The number of rotatable bonds is 4. The van der Waals surface area contributed by atoms with Crippen molar-refractivity contribution in [1.82, 2.24) is 4.98 Å². The topological polar surface area (TPSA) is 50.9 Å². The highest BCUT2D eigenvalue weighted by Gasteiger charge is 2.10. The van der Waals surface area contributed by atoms with Gasteiger partial charge in [-0.15, -0.1) is 0 Å². The van der Waals surface area contributed by atoms with Gasteiger partial charge in [-0.25, -0.2) is 0 Å². The van der Waals surface area contributed by atoms with E-state index in [1.807, 2.05) is 43.5 Å². The van der Waals surface area contributed by atoms with Crippen LogP contribution in [0.15, 0.2) is 42.7 Å². The van der Waals surface area contributed by atoms with E-state index in [9.17, 15) is 0 Å². The minimum Gasteiger partial charge on any atom is -0.377 e. The number of nitrogens with two attached hydrogens (primary N) is 1. The Morgan fingerprint density at radius 3 is 2.89 bits per heavy atom. The summed E-state index contributed by atoms with van der Waals surface area (Å²) in [6.45, 7) is 2.53. The number of hydrogen-bond donors (Lipinski definition) is 2. The molecule has 1 aromatic carbocycles. The standard InChI is InChI=1S/C14H16ClN3/c1-10-4-5-12(15)7-13(10)18-14(8-16)11-3-2-6-17-9-11/h2-7,9,14,18H,8,16H2,1H3. The lowest BCUT2D eigenvalue weighted by atomic mass is 10.1. The highest BCUT2D eigenvalue weighted by molar-refractivity contribution is 6.30. The SMILES string of the molecule is Cc1ccc(Cl)cc1NC(CN)c1cccnc1. The van der Waals surface area contributed by atoms with Gasteiger partial charge >= 0.3 is 0 Å². The Labute approximate surface area is 112 Å². The minimum absolute atomic E-state index is 0.0378. The van der Waals surface area contributed by atoms with Crippen LogP contribution >= 0.6 is 11.6 Å². The fourth-order valence-electron chi connectivity index (χ4n) is 1.80. The maximum Gasteiger partial charge on any atom is 0.0651 e. The van der Waals surface area contributed by atoms with E-state index in [4.69, 9.17) is 17.3 Å². The molecule has 0 amide bonds. The van der Waals surface area contributed by atoms with Gasteiger partial charge in [0.25, 0.3) is 0 Å². The van der Waals surface area contributed by atoms with Gasteiger partial charge in [0.2, 0.25) is 0 Å². The number of nitrogens with zero attached hydrogens (tertiary/aromatic N) is 1. The Morgan fingerprint density at radius 1 is 1.39 bits per heavy atom. The molecule has 1 heterocycles. The van der Waals surface area contributed by atoms with E-state index < -0.39 is 0 Å². The Morgan fingerprint density at radius 2 is 2.22 bits per heavy atom. The van der Waals surface area contributed by atoms with Crippen molar-refractivity contribution in [3.63, 3.8) is 0 Å². The van der Waals surface area contributed by atoms with E-state index in [1.165, 1.54) is 0 Å². The summed E-state index contributed by atoms with van der Waals surface area (Å²) < 4.78 is 0. The van der Waals surface area contributed by atoms with E-state index in [0.717, 1.165) is 16.8 Å². The molecule has 18 heavy (non-hydrogen) atoms. The average Bonchev–Trinajstić information content (AvgIpc) is 2.41. The smallest absolute Gasteiger partial charge is 0.0651 e. The van der Waals surface area contributed by atoms with Gasteiger partial charge in [0.05, 0.1) is 6.04 Å².